The van der Waals surface area contributed by atoms with Crippen LogP contribution in [0.25, 0.3) is 0 Å². The zero-order chi connectivity index (χ0) is 13.3. The highest BCUT2D eigenvalue weighted by Crippen LogP contribution is 2.23. The zero-order valence-corrected chi connectivity index (χ0v) is 12.5. The third kappa shape index (κ3) is 3.00. The molecule has 0 bridgehead atoms. The molecule has 18 heavy (non-hydrogen) atoms. The molecule has 2 atom stereocenters. The molecule has 2 unspecified atom stereocenters. The van der Waals surface area contributed by atoms with Crippen LogP contribution in [0.4, 0.5) is 8.78 Å². The minimum atomic E-state index is -0.463. The smallest absolute Gasteiger partial charge is 0.143 e. The molecular formula is C13H17F2IN2. The van der Waals surface area contributed by atoms with Gasteiger partial charge in [0.1, 0.15) is 11.6 Å². The van der Waals surface area contributed by atoms with Crippen LogP contribution in [0.1, 0.15) is 18.9 Å². The summed E-state index contributed by atoms with van der Waals surface area (Å²) >= 11 is 1.89. The van der Waals surface area contributed by atoms with Crippen molar-refractivity contribution in [2.24, 2.45) is 11.7 Å². The maximum atomic E-state index is 13.9. The number of nitrogens with two attached hydrogens (primary N) is 1. The van der Waals surface area contributed by atoms with Crippen molar-refractivity contribution in [2.75, 3.05) is 13.1 Å². The highest BCUT2D eigenvalue weighted by atomic mass is 127. The van der Waals surface area contributed by atoms with E-state index in [0.717, 1.165) is 19.5 Å². The molecule has 2 rings (SSSR count). The Hall–Kier alpha value is -0.270. The predicted octanol–water partition coefficient (Wildman–Crippen LogP) is 2.74. The van der Waals surface area contributed by atoms with E-state index in [0.29, 0.717) is 16.0 Å². The second kappa shape index (κ2) is 5.79. The van der Waals surface area contributed by atoms with E-state index in [1.54, 1.807) is 0 Å². The van der Waals surface area contributed by atoms with Crippen LogP contribution in [-0.4, -0.2) is 24.0 Å². The van der Waals surface area contributed by atoms with Gasteiger partial charge >= 0.3 is 0 Å². The van der Waals surface area contributed by atoms with E-state index < -0.39 is 11.6 Å². The summed E-state index contributed by atoms with van der Waals surface area (Å²) in [5.41, 5.74) is 6.11. The number of hydrogen-bond acceptors (Lipinski definition) is 2. The Morgan fingerprint density at radius 1 is 1.44 bits per heavy atom. The van der Waals surface area contributed by atoms with E-state index >= 15 is 0 Å². The summed E-state index contributed by atoms with van der Waals surface area (Å²) in [4.78, 5) is 2.08. The van der Waals surface area contributed by atoms with E-state index in [1.165, 1.54) is 12.1 Å². The van der Waals surface area contributed by atoms with Gasteiger partial charge in [0.2, 0.25) is 0 Å². The summed E-state index contributed by atoms with van der Waals surface area (Å²) in [5, 5.41) is 0. The molecule has 1 saturated heterocycles. The fourth-order valence-electron chi connectivity index (χ4n) is 2.33. The van der Waals surface area contributed by atoms with Crippen molar-refractivity contribution in [3.8, 4) is 0 Å². The summed E-state index contributed by atoms with van der Waals surface area (Å²) in [6, 6.07) is 3.00. The molecule has 2 N–H and O–H groups in total. The van der Waals surface area contributed by atoms with E-state index in [2.05, 4.69) is 11.8 Å². The Labute approximate surface area is 120 Å². The number of nitrogens with zero attached hydrogens (tertiary/aromatic N) is 1. The predicted molar refractivity (Wildman–Crippen MR) is 76.1 cm³/mol. The molecule has 0 radical (unpaired) electrons. The van der Waals surface area contributed by atoms with Crippen molar-refractivity contribution in [1.29, 1.82) is 0 Å². The average Bonchev–Trinajstić information content (AvgIpc) is 2.34. The summed E-state index contributed by atoms with van der Waals surface area (Å²) in [5.74, 6) is -0.527. The van der Waals surface area contributed by atoms with Crippen molar-refractivity contribution in [2.45, 2.75) is 25.9 Å². The Bertz CT molecular complexity index is 439. The van der Waals surface area contributed by atoms with Gasteiger partial charge in [-0.05, 0) is 53.6 Å². The Kier molecular flexibility index (Phi) is 4.55. The van der Waals surface area contributed by atoms with Crippen LogP contribution in [0.5, 0.6) is 0 Å². The minimum absolute atomic E-state index is 0.171. The summed E-state index contributed by atoms with van der Waals surface area (Å²) in [7, 11) is 0. The number of benzene rings is 1. The van der Waals surface area contributed by atoms with Crippen LogP contribution in [0.2, 0.25) is 0 Å². The largest absolute Gasteiger partial charge is 0.327 e. The monoisotopic (exact) mass is 366 g/mol. The maximum absolute atomic E-state index is 13.9. The standard InChI is InChI=1S/C13H17F2IN2/c1-8-6-18(5-4-12(8)17)7-9-10(14)2-3-11(16)13(9)15/h2-3,8,12H,4-7,17H2,1H3. The van der Waals surface area contributed by atoms with Crippen LogP contribution in [0.15, 0.2) is 12.1 Å². The number of rotatable bonds is 2. The Morgan fingerprint density at radius 2 is 2.17 bits per heavy atom. The lowest BCUT2D eigenvalue weighted by Gasteiger charge is -2.35. The lowest BCUT2D eigenvalue weighted by atomic mass is 9.94. The molecule has 100 valence electrons. The molecule has 1 fully saturated rings. The number of piperidine rings is 1. The van der Waals surface area contributed by atoms with Gasteiger partial charge in [-0.3, -0.25) is 4.90 Å². The van der Waals surface area contributed by atoms with Crippen LogP contribution >= 0.6 is 22.6 Å². The number of halogens is 3. The molecular weight excluding hydrogens is 349 g/mol. The molecule has 1 aromatic carbocycles. The van der Waals surface area contributed by atoms with Gasteiger partial charge in [-0.2, -0.15) is 0 Å². The van der Waals surface area contributed by atoms with E-state index in [9.17, 15) is 8.78 Å². The molecule has 0 aromatic heterocycles. The van der Waals surface area contributed by atoms with Gasteiger partial charge in [0.05, 0.1) is 0 Å². The van der Waals surface area contributed by atoms with Gasteiger partial charge in [-0.1, -0.05) is 6.92 Å². The van der Waals surface area contributed by atoms with Crippen molar-refractivity contribution >= 4 is 22.6 Å². The number of hydrogen-bond donors (Lipinski definition) is 1. The normalized spacial score (nSPS) is 25.4. The van der Waals surface area contributed by atoms with Crippen LogP contribution in [-0.2, 0) is 6.54 Å². The van der Waals surface area contributed by atoms with E-state index in [4.69, 9.17) is 5.73 Å². The quantitative estimate of drug-likeness (QED) is 0.644. The summed E-state index contributed by atoms with van der Waals surface area (Å²) in [6.07, 6.45) is 0.883. The molecule has 0 amide bonds. The van der Waals surface area contributed by atoms with Crippen LogP contribution in [0.3, 0.4) is 0 Å². The zero-order valence-electron chi connectivity index (χ0n) is 10.3. The van der Waals surface area contributed by atoms with E-state index in [1.807, 2.05) is 22.6 Å². The molecule has 1 aliphatic heterocycles. The molecule has 1 aromatic rings. The molecule has 5 heteroatoms. The second-order valence-corrected chi connectivity index (χ2v) is 6.15. The molecule has 1 heterocycles. The lowest BCUT2D eigenvalue weighted by Crippen LogP contribution is -2.45. The van der Waals surface area contributed by atoms with Crippen molar-refractivity contribution in [1.82, 2.24) is 4.90 Å². The Balaban J connectivity index is 2.13. The third-order valence-corrected chi connectivity index (χ3v) is 4.41. The molecule has 0 spiro atoms. The first-order chi connectivity index (χ1) is 8.49. The van der Waals surface area contributed by atoms with Gasteiger partial charge in [0, 0.05) is 28.3 Å². The lowest BCUT2D eigenvalue weighted by molar-refractivity contribution is 0.154. The average molecular weight is 366 g/mol. The van der Waals surface area contributed by atoms with Crippen LogP contribution < -0.4 is 5.73 Å². The highest BCUT2D eigenvalue weighted by Gasteiger charge is 2.24. The van der Waals surface area contributed by atoms with Gasteiger partial charge in [0.15, 0.2) is 0 Å². The van der Waals surface area contributed by atoms with Crippen molar-refractivity contribution in [3.05, 3.63) is 32.9 Å². The topological polar surface area (TPSA) is 29.3 Å². The van der Waals surface area contributed by atoms with Gasteiger partial charge < -0.3 is 5.73 Å². The maximum Gasteiger partial charge on any atom is 0.143 e. The minimum Gasteiger partial charge on any atom is -0.327 e. The van der Waals surface area contributed by atoms with Gasteiger partial charge in [-0.25, -0.2) is 8.78 Å². The summed E-state index contributed by atoms with van der Waals surface area (Å²) < 4.78 is 28.0. The molecule has 2 nitrogen and oxygen atoms in total. The van der Waals surface area contributed by atoms with E-state index in [-0.39, 0.29) is 11.6 Å². The SMILES string of the molecule is CC1CN(Cc2c(F)ccc(I)c2F)CCC1N. The first-order valence-corrected chi connectivity index (χ1v) is 7.17. The summed E-state index contributed by atoms with van der Waals surface area (Å²) in [6.45, 7) is 4.01. The van der Waals surface area contributed by atoms with Crippen LogP contribution in [0, 0.1) is 21.1 Å². The Morgan fingerprint density at radius 3 is 2.83 bits per heavy atom. The van der Waals surface area contributed by atoms with Gasteiger partial charge in [0.25, 0.3) is 0 Å². The third-order valence-electron chi connectivity index (χ3n) is 3.58. The highest BCUT2D eigenvalue weighted by molar-refractivity contribution is 14.1. The van der Waals surface area contributed by atoms with Crippen molar-refractivity contribution < 1.29 is 8.78 Å². The van der Waals surface area contributed by atoms with Crippen molar-refractivity contribution in [3.63, 3.8) is 0 Å². The molecule has 0 aliphatic carbocycles. The first kappa shape index (κ1) is 14.1. The molecule has 1 aliphatic rings. The second-order valence-electron chi connectivity index (χ2n) is 4.99. The fraction of sp³-hybridized carbons (Fsp3) is 0.538. The molecule has 0 saturated carbocycles. The fourth-order valence-corrected chi connectivity index (χ4v) is 2.84. The van der Waals surface area contributed by atoms with Gasteiger partial charge in [-0.15, -0.1) is 0 Å². The first-order valence-electron chi connectivity index (χ1n) is 6.09. The number of likely N-dealkylation sites (tertiary alicyclic amines) is 1.